The second-order valence-electron chi connectivity index (χ2n) is 19.9. The van der Waals surface area contributed by atoms with Crippen molar-refractivity contribution in [3.63, 3.8) is 0 Å². The monoisotopic (exact) mass is 913 g/mol. The number of benzene rings is 9. The first-order valence-electron chi connectivity index (χ1n) is 22.9. The summed E-state index contributed by atoms with van der Waals surface area (Å²) in [5.74, 6) is -6.50. The third-order valence-corrected chi connectivity index (χ3v) is 16.3. The number of urea groups is 1. The number of nitrogens with zero attached hydrogens (tertiary/aromatic N) is 3. The molecule has 1 aliphatic carbocycles. The molecule has 1 aromatic heterocycles. The third kappa shape index (κ3) is 4.86. The molecule has 0 fully saturated rings. The van der Waals surface area contributed by atoms with Gasteiger partial charge in [-0.1, -0.05) is 119 Å². The molecule has 3 aliphatic heterocycles. The largest absolute Gasteiger partial charge is 0.338 e. The summed E-state index contributed by atoms with van der Waals surface area (Å²) in [5.41, 5.74) is 5.86. The fourth-order valence-electron chi connectivity index (χ4n) is 12.7. The number of fused-ring (bicyclic) bond motifs is 9. The fraction of sp³-hybridized carbons (Fsp3) is 0.105. The number of aromatic nitrogens is 1. The van der Waals surface area contributed by atoms with Gasteiger partial charge in [0.05, 0.1) is 33.8 Å². The first-order valence-corrected chi connectivity index (χ1v) is 22.9. The van der Waals surface area contributed by atoms with Crippen molar-refractivity contribution in [2.45, 2.75) is 38.5 Å². The summed E-state index contributed by atoms with van der Waals surface area (Å²) >= 11 is 0. The number of halogens is 6. The minimum Gasteiger partial charge on any atom is -0.309 e. The van der Waals surface area contributed by atoms with Gasteiger partial charge in [0.1, 0.15) is 34.9 Å². The number of rotatable bonds is 3. The van der Waals surface area contributed by atoms with Crippen LogP contribution in [-0.2, 0) is 10.8 Å². The summed E-state index contributed by atoms with van der Waals surface area (Å²) in [6, 6.07) is 38.6. The molecule has 0 spiro atoms. The van der Waals surface area contributed by atoms with E-state index < -0.39 is 70.7 Å². The van der Waals surface area contributed by atoms with Gasteiger partial charge in [0, 0.05) is 62.4 Å². The Kier molecular flexibility index (Phi) is 7.77. The number of amides is 2. The van der Waals surface area contributed by atoms with Crippen molar-refractivity contribution in [1.82, 2.24) is 4.57 Å². The molecule has 69 heavy (non-hydrogen) atoms. The van der Waals surface area contributed by atoms with E-state index >= 15 is 22.4 Å². The van der Waals surface area contributed by atoms with Crippen LogP contribution in [0.4, 0.5) is 53.9 Å². The second kappa shape index (κ2) is 13.3. The molecule has 0 bridgehead atoms. The van der Waals surface area contributed by atoms with Crippen molar-refractivity contribution in [3.05, 3.63) is 186 Å². The van der Waals surface area contributed by atoms with E-state index in [1.54, 1.807) is 28.0 Å². The summed E-state index contributed by atoms with van der Waals surface area (Å²) in [6.45, 7) is 6.27. The second-order valence-corrected chi connectivity index (χ2v) is 19.9. The van der Waals surface area contributed by atoms with Crippen molar-refractivity contribution in [2.75, 3.05) is 9.80 Å². The summed E-state index contributed by atoms with van der Waals surface area (Å²) in [4.78, 5) is 20.0. The van der Waals surface area contributed by atoms with E-state index in [0.717, 1.165) is 38.6 Å². The van der Waals surface area contributed by atoms with Gasteiger partial charge in [-0.25, -0.2) is 31.1 Å². The summed E-state index contributed by atoms with van der Waals surface area (Å²) in [6.07, 6.45) is 0. The normalized spacial score (nSPS) is 15.8. The molecule has 4 heterocycles. The van der Waals surface area contributed by atoms with E-state index in [1.807, 2.05) is 91.0 Å². The molecule has 4 aliphatic rings. The lowest BCUT2D eigenvalue weighted by Gasteiger charge is -2.47. The molecular formula is C57H35B2F6N3O. The van der Waals surface area contributed by atoms with Crippen LogP contribution >= 0.6 is 0 Å². The molecule has 10 aromatic rings. The Morgan fingerprint density at radius 3 is 1.57 bits per heavy atom. The lowest BCUT2D eigenvalue weighted by Crippen LogP contribution is -2.65. The molecule has 14 rings (SSSR count). The standard InChI is InChI=1S/C57H35B2F6N3O/c1-56(2)34-15-10-14-33-47(34)35(57(56,3)4)27-39-51(33)67-52-37(59(39)50-42(64)25-30(61)26-43(50)65)20-18-28-17-19-36-53(46(28)52)68(55(67)69)54-38(58(36)49-40(62)23-29(60)24-41(49)63)21-22-45-48(54)32-13-8-9-16-44(32)66(45)31-11-6-5-7-12-31/h5-27H,1-4H3. The number of anilines is 4. The van der Waals surface area contributed by atoms with Gasteiger partial charge in [-0.2, -0.15) is 0 Å². The fourth-order valence-corrected chi connectivity index (χ4v) is 12.7. The van der Waals surface area contributed by atoms with Gasteiger partial charge in [-0.15, -0.1) is 0 Å². The molecule has 4 nitrogen and oxygen atoms in total. The number of para-hydroxylation sites is 2. The third-order valence-electron chi connectivity index (χ3n) is 16.3. The number of hydrogen-bond donors (Lipinski definition) is 0. The van der Waals surface area contributed by atoms with Gasteiger partial charge in [-0.3, -0.25) is 9.80 Å². The van der Waals surface area contributed by atoms with Gasteiger partial charge in [0.25, 0.3) is 13.4 Å². The molecule has 0 N–H and O–H groups in total. The average molecular weight is 914 g/mol. The van der Waals surface area contributed by atoms with Gasteiger partial charge in [0.15, 0.2) is 0 Å². The lowest BCUT2D eigenvalue weighted by molar-refractivity contribution is 0.255. The summed E-state index contributed by atoms with van der Waals surface area (Å²) in [5, 5.41) is 4.20. The van der Waals surface area contributed by atoms with Crippen molar-refractivity contribution in [3.8, 4) is 5.69 Å². The Balaban J connectivity index is 1.19. The average Bonchev–Trinajstić information content (AvgIpc) is 3.73. The molecule has 332 valence electrons. The van der Waals surface area contributed by atoms with Crippen LogP contribution in [0.25, 0.3) is 49.0 Å². The molecule has 12 heteroatoms. The lowest BCUT2D eigenvalue weighted by atomic mass is 9.33. The first kappa shape index (κ1) is 40.4. The van der Waals surface area contributed by atoms with Crippen LogP contribution in [-0.4, -0.2) is 24.0 Å². The van der Waals surface area contributed by atoms with E-state index in [1.165, 1.54) is 0 Å². The topological polar surface area (TPSA) is 28.5 Å². The minimum atomic E-state index is -1.20. The zero-order chi connectivity index (χ0) is 47.3. The molecular weight excluding hydrogens is 878 g/mol. The predicted molar refractivity (Wildman–Crippen MR) is 266 cm³/mol. The van der Waals surface area contributed by atoms with Crippen LogP contribution in [0.15, 0.2) is 140 Å². The zero-order valence-electron chi connectivity index (χ0n) is 37.5. The SMILES string of the molecule is CC1(C)c2cccc3c4c(cc(c23)C1(C)C)B(c1c(F)cc(F)cc1F)c1ccc2ccc3c5c2c1N4C(=O)N5c1c(ccc2c1c1ccccc1n2-c1ccccc1)B3c1c(F)cc(F)cc1F. The highest BCUT2D eigenvalue weighted by atomic mass is 19.2. The molecule has 0 saturated carbocycles. The Labute approximate surface area is 392 Å². The Bertz CT molecular complexity index is 4010. The maximum absolute atomic E-state index is 16.7. The van der Waals surface area contributed by atoms with Crippen molar-refractivity contribution in [2.24, 2.45) is 0 Å². The van der Waals surface area contributed by atoms with Crippen LogP contribution in [0, 0.1) is 34.9 Å². The molecule has 9 aromatic carbocycles. The number of hydrogen-bond acceptors (Lipinski definition) is 1. The number of carbonyl (C=O) groups is 1. The maximum atomic E-state index is 16.7. The van der Waals surface area contributed by atoms with Crippen LogP contribution in [0.2, 0.25) is 0 Å². The van der Waals surface area contributed by atoms with E-state index in [2.05, 4.69) is 38.3 Å². The highest BCUT2D eigenvalue weighted by molar-refractivity contribution is 7.00. The van der Waals surface area contributed by atoms with Gasteiger partial charge in [0.2, 0.25) is 0 Å². The van der Waals surface area contributed by atoms with E-state index in [-0.39, 0.29) is 5.46 Å². The molecule has 2 amide bonds. The predicted octanol–water partition coefficient (Wildman–Crippen LogP) is 10.6. The highest BCUT2D eigenvalue weighted by Crippen LogP contribution is 2.57. The first-order chi connectivity index (χ1) is 33.2. The van der Waals surface area contributed by atoms with Crippen LogP contribution in [0.1, 0.15) is 38.8 Å². The van der Waals surface area contributed by atoms with Crippen LogP contribution in [0.5, 0.6) is 0 Å². The van der Waals surface area contributed by atoms with E-state index in [9.17, 15) is 8.78 Å². The van der Waals surface area contributed by atoms with Gasteiger partial charge in [-0.05, 0) is 78.8 Å². The van der Waals surface area contributed by atoms with E-state index in [0.29, 0.717) is 90.4 Å². The number of carbonyl (C=O) groups excluding carboxylic acids is 1. The van der Waals surface area contributed by atoms with Crippen molar-refractivity contribution < 1.29 is 31.1 Å². The van der Waals surface area contributed by atoms with Gasteiger partial charge >= 0.3 is 6.03 Å². The molecule has 0 unspecified atom stereocenters. The zero-order valence-corrected chi connectivity index (χ0v) is 37.5. The van der Waals surface area contributed by atoms with E-state index in [4.69, 9.17) is 0 Å². The molecule has 0 atom stereocenters. The quantitative estimate of drug-likeness (QED) is 0.128. The van der Waals surface area contributed by atoms with Crippen LogP contribution < -0.4 is 42.6 Å². The molecule has 0 radical (unpaired) electrons. The minimum absolute atomic E-state index is 0.339. The summed E-state index contributed by atoms with van der Waals surface area (Å²) < 4.78 is 98.4. The van der Waals surface area contributed by atoms with Crippen LogP contribution in [0.3, 0.4) is 0 Å². The van der Waals surface area contributed by atoms with Gasteiger partial charge < -0.3 is 4.57 Å². The Morgan fingerprint density at radius 1 is 0.435 bits per heavy atom. The maximum Gasteiger partial charge on any atom is 0.338 e. The van der Waals surface area contributed by atoms with Crippen molar-refractivity contribution in [1.29, 1.82) is 0 Å². The van der Waals surface area contributed by atoms with Crippen molar-refractivity contribution >= 4 is 118 Å². The summed E-state index contributed by atoms with van der Waals surface area (Å²) in [7, 11) is 0. The Morgan fingerprint density at radius 2 is 0.942 bits per heavy atom. The molecule has 0 saturated heterocycles. The Hall–Kier alpha value is -7.72. The smallest absolute Gasteiger partial charge is 0.309 e. The highest BCUT2D eigenvalue weighted by Gasteiger charge is 2.54.